The minimum absolute atomic E-state index is 0.0444. The average molecular weight is 1720 g/mol. The van der Waals surface area contributed by atoms with Crippen molar-refractivity contribution < 1.29 is 13.3 Å². The van der Waals surface area contributed by atoms with E-state index < -0.39 is 5.41 Å². The van der Waals surface area contributed by atoms with Crippen LogP contribution >= 0.6 is 0 Å². The van der Waals surface area contributed by atoms with Crippen molar-refractivity contribution in [3.05, 3.63) is 297 Å². The Balaban J connectivity index is 0.794. The Morgan fingerprint density at radius 3 is 1.35 bits per heavy atom. The lowest BCUT2D eigenvalue weighted by molar-refractivity contribution is 0.214. The molecular formula is C122H128B2N4O3. The van der Waals surface area contributed by atoms with Gasteiger partial charge in [-0.2, -0.15) is 0 Å². The molecule has 0 saturated carbocycles. The number of furan rings is 3. The second-order valence-electron chi connectivity index (χ2n) is 48.8. The van der Waals surface area contributed by atoms with Gasteiger partial charge in [0.25, 0.3) is 13.4 Å². The molecule has 7 heterocycles. The maximum atomic E-state index is 7.98. The molecule has 0 fully saturated rings. The van der Waals surface area contributed by atoms with Crippen LogP contribution in [-0.4, -0.2) is 13.4 Å². The zero-order chi connectivity index (χ0) is 92.1. The fourth-order valence-electron chi connectivity index (χ4n) is 23.8. The van der Waals surface area contributed by atoms with E-state index in [0.717, 1.165) is 127 Å². The first-order chi connectivity index (χ1) is 61.6. The van der Waals surface area contributed by atoms with Gasteiger partial charge in [0.2, 0.25) is 11.8 Å². The lowest BCUT2D eigenvalue weighted by Gasteiger charge is -2.48. The Morgan fingerprint density at radius 1 is 0.321 bits per heavy atom. The zero-order valence-electron chi connectivity index (χ0n) is 82.5. The fourth-order valence-corrected chi connectivity index (χ4v) is 23.8. The monoisotopic (exact) mass is 1720 g/mol. The Labute approximate surface area is 778 Å². The molecule has 0 N–H and O–H groups in total. The summed E-state index contributed by atoms with van der Waals surface area (Å²) < 4.78 is 23.4. The van der Waals surface area contributed by atoms with Gasteiger partial charge < -0.3 is 23.1 Å². The van der Waals surface area contributed by atoms with Crippen LogP contribution in [0.4, 0.5) is 68.6 Å². The van der Waals surface area contributed by atoms with E-state index in [1.54, 1.807) is 0 Å². The van der Waals surface area contributed by atoms with Gasteiger partial charge in [-0.05, 0) is 307 Å². The second-order valence-corrected chi connectivity index (χ2v) is 48.8. The Hall–Kier alpha value is -11.7. The van der Waals surface area contributed by atoms with Crippen LogP contribution < -0.4 is 52.4 Å². The molecule has 660 valence electrons. The number of aryl methyl sites for hydroxylation is 1. The normalized spacial score (nSPS) is 17.1. The summed E-state index contributed by atoms with van der Waals surface area (Å²) in [5.41, 5.74) is 39.0. The molecule has 4 aliphatic heterocycles. The highest BCUT2D eigenvalue weighted by Crippen LogP contribution is 2.59. The molecule has 131 heavy (non-hydrogen) atoms. The average Bonchev–Trinajstić information content (AvgIpc) is 1.60. The first-order valence-corrected chi connectivity index (χ1v) is 48.4. The maximum Gasteiger partial charge on any atom is 0.257 e. The van der Waals surface area contributed by atoms with Crippen molar-refractivity contribution in [1.82, 2.24) is 0 Å². The molecule has 6 aliphatic rings. The topological polar surface area (TPSA) is 52.4 Å². The van der Waals surface area contributed by atoms with Crippen molar-refractivity contribution in [2.45, 2.75) is 267 Å². The third-order valence-electron chi connectivity index (χ3n) is 31.8. The quantitative estimate of drug-likeness (QED) is 0.147. The number of anilines is 12. The number of nitrogens with zero attached hydrogens (tertiary/aromatic N) is 4. The molecule has 0 saturated heterocycles. The third kappa shape index (κ3) is 13.1. The molecule has 2 aliphatic carbocycles. The van der Waals surface area contributed by atoms with E-state index in [9.17, 15) is 0 Å². The molecule has 0 amide bonds. The van der Waals surface area contributed by atoms with Gasteiger partial charge >= 0.3 is 0 Å². The molecule has 16 aromatic rings. The summed E-state index contributed by atoms with van der Waals surface area (Å²) in [6.07, 6.45) is 3.95. The number of benzene rings is 13. The SMILES string of the molecule is Cc1cc2c3c(c1)N(c1cc(C(C)(C)C)cc(C(C)(C)C)c1)c1c(ccc4c1oc1ccccc14)B3c1c(oc3cc4c(cc13)C(C)(C)C(Cc1cc3c5c(c1)N(c1ccc(C(C)(C)C)cc1)c1oc6cc7c(cc6c1B5c1cc(C(C)(C)C)ccc1N3c1ccc(C(C)(C)C)cc1-c1cccc3ccccc13)C(C)(C)CCC7(C)C)CC4(C)C)N2c1ccc(C(C)(C)C)cc1. The van der Waals surface area contributed by atoms with Gasteiger partial charge in [-0.3, -0.25) is 9.80 Å². The zero-order valence-corrected chi connectivity index (χ0v) is 82.5. The Morgan fingerprint density at radius 2 is 0.786 bits per heavy atom. The van der Waals surface area contributed by atoms with Crippen molar-refractivity contribution in [3.63, 3.8) is 0 Å². The summed E-state index contributed by atoms with van der Waals surface area (Å²) in [6.45, 7) is 64.2. The summed E-state index contributed by atoms with van der Waals surface area (Å²) in [6, 6.07) is 91.1. The molecule has 3 aromatic heterocycles. The van der Waals surface area contributed by atoms with E-state index in [4.69, 9.17) is 13.3 Å². The van der Waals surface area contributed by atoms with E-state index in [-0.39, 0.29) is 68.1 Å². The summed E-state index contributed by atoms with van der Waals surface area (Å²) in [5, 5.41) is 7.02. The van der Waals surface area contributed by atoms with E-state index in [2.05, 4.69) is 437 Å². The van der Waals surface area contributed by atoms with Crippen molar-refractivity contribution >= 4 is 169 Å². The van der Waals surface area contributed by atoms with Crippen molar-refractivity contribution in [3.8, 4) is 11.1 Å². The maximum absolute atomic E-state index is 7.98. The fraction of sp³-hybridized carbons (Fsp3) is 0.344. The van der Waals surface area contributed by atoms with Gasteiger partial charge in [0.15, 0.2) is 5.58 Å². The number of para-hydroxylation sites is 1. The van der Waals surface area contributed by atoms with Crippen LogP contribution in [0, 0.1) is 12.8 Å². The lowest BCUT2D eigenvalue weighted by Crippen LogP contribution is -2.61. The molecule has 1 unspecified atom stereocenters. The van der Waals surface area contributed by atoms with Crippen LogP contribution in [0.2, 0.25) is 0 Å². The van der Waals surface area contributed by atoms with Crippen LogP contribution in [0.3, 0.4) is 0 Å². The molecule has 22 rings (SSSR count). The summed E-state index contributed by atoms with van der Waals surface area (Å²) in [7, 11) is 0. The van der Waals surface area contributed by atoms with Crippen molar-refractivity contribution in [2.24, 2.45) is 5.92 Å². The molecule has 13 aromatic carbocycles. The minimum atomic E-state index is -0.393. The molecule has 0 radical (unpaired) electrons. The smallest absolute Gasteiger partial charge is 0.257 e. The molecule has 7 nitrogen and oxygen atoms in total. The molecule has 0 spiro atoms. The van der Waals surface area contributed by atoms with E-state index in [1.807, 2.05) is 0 Å². The highest BCUT2D eigenvalue weighted by Gasteiger charge is 2.53. The van der Waals surface area contributed by atoms with E-state index in [0.29, 0.717) is 0 Å². The molecule has 1 atom stereocenters. The van der Waals surface area contributed by atoms with Gasteiger partial charge in [0.05, 0.1) is 11.4 Å². The summed E-state index contributed by atoms with van der Waals surface area (Å²) >= 11 is 0. The molecular weight excluding hydrogens is 1590 g/mol. The summed E-state index contributed by atoms with van der Waals surface area (Å²) in [5.74, 6) is 1.90. The summed E-state index contributed by atoms with van der Waals surface area (Å²) in [4.78, 5) is 10.4. The minimum Gasteiger partial charge on any atom is -0.454 e. The first kappa shape index (κ1) is 84.8. The largest absolute Gasteiger partial charge is 0.454 e. The highest BCUT2D eigenvalue weighted by atomic mass is 16.4. The number of hydrogen-bond acceptors (Lipinski definition) is 7. The Kier molecular flexibility index (Phi) is 18.3. The van der Waals surface area contributed by atoms with Crippen LogP contribution in [0.5, 0.6) is 0 Å². The van der Waals surface area contributed by atoms with Crippen molar-refractivity contribution in [2.75, 3.05) is 19.6 Å². The van der Waals surface area contributed by atoms with Gasteiger partial charge in [-0.1, -0.05) is 301 Å². The number of fused-ring (bicyclic) bond motifs is 19. The van der Waals surface area contributed by atoms with Gasteiger partial charge in [0.1, 0.15) is 16.7 Å². The van der Waals surface area contributed by atoms with Crippen molar-refractivity contribution in [1.29, 1.82) is 0 Å². The second kappa shape index (κ2) is 28.2. The van der Waals surface area contributed by atoms with Gasteiger partial charge in [-0.25, -0.2) is 0 Å². The lowest BCUT2D eigenvalue weighted by atomic mass is 9.33. The van der Waals surface area contributed by atoms with Crippen LogP contribution in [0.25, 0.3) is 65.8 Å². The van der Waals surface area contributed by atoms with Gasteiger partial charge in [0, 0.05) is 83.5 Å². The predicted molar refractivity (Wildman–Crippen MR) is 561 cm³/mol. The standard InChI is InChI=1S/C122H128B2N4O3/c1-70-55-98-107-99(56-70)126(80-45-39-73(40-46-80)113(2,3)4)111-105(123(107)94-50-49-86-85-36-30-31-38-102(85)129-110(86)109(94)125(98)82-61-77(117(14,15)16)60-78(62-82)118(17,18)19)89-66-93-92(68-104(89)131-111)121(24,25)69-79(122(93,26)27)57-71-58-100-108-101(59-71)128(96-51-43-75(115(8,9)10)63-87(96)84-37-32-34-72-33-28-29-35-83(72)84)97-52-44-76(116(11,12)13)64-95(97)124(108)106-88-65-90-91(120(22,23)54-53-119(90,20)21)67-103(88)130-112(106)127(100)81-47-41-74(42-48-81)114(5,6)7/h28-52,55-56,58-68,79H,53-54,57,69H2,1-27H3. The predicted octanol–water partition coefficient (Wildman–Crippen LogP) is 30.3. The first-order valence-electron chi connectivity index (χ1n) is 48.4. The number of rotatable bonds is 7. The van der Waals surface area contributed by atoms with E-state index in [1.165, 1.54) is 133 Å². The van der Waals surface area contributed by atoms with Crippen LogP contribution in [0.15, 0.2) is 244 Å². The van der Waals surface area contributed by atoms with Crippen LogP contribution in [-0.2, 0) is 60.6 Å². The molecule has 0 bridgehead atoms. The van der Waals surface area contributed by atoms with E-state index >= 15 is 0 Å². The highest BCUT2D eigenvalue weighted by molar-refractivity contribution is 7.02. The molecule has 9 heteroatoms. The third-order valence-corrected chi connectivity index (χ3v) is 31.8. The number of hydrogen-bond donors (Lipinski definition) is 0. The Bertz CT molecular complexity index is 7480. The van der Waals surface area contributed by atoms with Gasteiger partial charge in [-0.15, -0.1) is 0 Å². The van der Waals surface area contributed by atoms with Crippen LogP contribution in [0.1, 0.15) is 266 Å².